The van der Waals surface area contributed by atoms with E-state index in [4.69, 9.17) is 10.5 Å². The van der Waals surface area contributed by atoms with Crippen molar-refractivity contribution in [3.8, 4) is 5.75 Å². The van der Waals surface area contributed by atoms with Crippen LogP contribution in [0.4, 0.5) is 11.4 Å². The van der Waals surface area contributed by atoms with Crippen LogP contribution in [0.5, 0.6) is 5.75 Å². The molecule has 1 fully saturated rings. The molecule has 0 bridgehead atoms. The van der Waals surface area contributed by atoms with E-state index in [-0.39, 0.29) is 0 Å². The summed E-state index contributed by atoms with van der Waals surface area (Å²) in [6.07, 6.45) is 5.34. The number of hydrogen-bond acceptors (Lipinski definition) is 3. The van der Waals surface area contributed by atoms with Crippen molar-refractivity contribution in [1.29, 1.82) is 0 Å². The summed E-state index contributed by atoms with van der Waals surface area (Å²) in [5.41, 5.74) is 8.20. The van der Waals surface area contributed by atoms with Crippen LogP contribution in [-0.2, 0) is 0 Å². The lowest BCUT2D eigenvalue weighted by atomic mass is 9.67. The standard InChI is InChI=1S/C15H24N2O/c1-3-15(8-5-9-15)11-17-12-6-7-13(16)14(10-12)18-4-2/h6-7,10,17H,3-5,8-9,11,16H2,1-2H3. The molecule has 0 aromatic heterocycles. The van der Waals surface area contributed by atoms with E-state index in [1.165, 1.54) is 25.7 Å². The zero-order valence-electron chi connectivity index (χ0n) is 11.5. The average Bonchev–Trinajstić information content (AvgIpc) is 2.32. The van der Waals surface area contributed by atoms with Gasteiger partial charge in [0.15, 0.2) is 0 Å². The first-order chi connectivity index (χ1) is 8.69. The Hall–Kier alpha value is -1.38. The van der Waals surface area contributed by atoms with Crippen molar-refractivity contribution >= 4 is 11.4 Å². The van der Waals surface area contributed by atoms with Crippen molar-refractivity contribution in [1.82, 2.24) is 0 Å². The minimum absolute atomic E-state index is 0.521. The van der Waals surface area contributed by atoms with Crippen molar-refractivity contribution in [2.75, 3.05) is 24.2 Å². The molecular weight excluding hydrogens is 224 g/mol. The molecule has 1 aromatic rings. The van der Waals surface area contributed by atoms with Gasteiger partial charge in [-0.1, -0.05) is 13.3 Å². The van der Waals surface area contributed by atoms with Crippen molar-refractivity contribution in [3.05, 3.63) is 18.2 Å². The van der Waals surface area contributed by atoms with Gasteiger partial charge in [0.1, 0.15) is 5.75 Å². The van der Waals surface area contributed by atoms with E-state index in [0.29, 0.717) is 17.7 Å². The topological polar surface area (TPSA) is 47.3 Å². The Bertz CT molecular complexity index is 394. The SMILES string of the molecule is CCOc1cc(NCC2(CC)CCC2)ccc1N. The van der Waals surface area contributed by atoms with E-state index in [1.54, 1.807) is 0 Å². The summed E-state index contributed by atoms with van der Waals surface area (Å²) < 4.78 is 5.51. The van der Waals surface area contributed by atoms with Gasteiger partial charge in [-0.25, -0.2) is 0 Å². The highest BCUT2D eigenvalue weighted by Gasteiger charge is 2.34. The summed E-state index contributed by atoms with van der Waals surface area (Å²) in [4.78, 5) is 0. The summed E-state index contributed by atoms with van der Waals surface area (Å²) in [5.74, 6) is 0.779. The first-order valence-corrected chi connectivity index (χ1v) is 6.95. The number of nitrogens with two attached hydrogens (primary N) is 1. The number of ether oxygens (including phenoxy) is 1. The van der Waals surface area contributed by atoms with Crippen molar-refractivity contribution in [3.63, 3.8) is 0 Å². The molecule has 0 saturated heterocycles. The van der Waals surface area contributed by atoms with Crippen LogP contribution in [0.2, 0.25) is 0 Å². The highest BCUT2D eigenvalue weighted by molar-refractivity contribution is 5.61. The third kappa shape index (κ3) is 2.71. The van der Waals surface area contributed by atoms with Gasteiger partial charge in [-0.15, -0.1) is 0 Å². The van der Waals surface area contributed by atoms with E-state index in [0.717, 1.165) is 18.0 Å². The quantitative estimate of drug-likeness (QED) is 0.755. The molecule has 0 aliphatic heterocycles. The molecule has 3 N–H and O–H groups in total. The van der Waals surface area contributed by atoms with Crippen LogP contribution in [0.3, 0.4) is 0 Å². The second kappa shape index (κ2) is 5.51. The second-order valence-corrected chi connectivity index (χ2v) is 5.25. The van der Waals surface area contributed by atoms with E-state index in [2.05, 4.69) is 12.2 Å². The van der Waals surface area contributed by atoms with Crippen LogP contribution in [0.15, 0.2) is 18.2 Å². The molecule has 0 amide bonds. The average molecular weight is 248 g/mol. The maximum atomic E-state index is 5.87. The van der Waals surface area contributed by atoms with Crippen LogP contribution in [0.1, 0.15) is 39.5 Å². The molecule has 3 nitrogen and oxygen atoms in total. The maximum absolute atomic E-state index is 5.87. The second-order valence-electron chi connectivity index (χ2n) is 5.25. The Labute approximate surface area is 110 Å². The van der Waals surface area contributed by atoms with E-state index >= 15 is 0 Å². The largest absolute Gasteiger partial charge is 0.492 e. The number of rotatable bonds is 6. The van der Waals surface area contributed by atoms with Gasteiger partial charge in [0.25, 0.3) is 0 Å². The number of nitrogens with one attached hydrogen (secondary N) is 1. The first-order valence-electron chi connectivity index (χ1n) is 6.95. The Morgan fingerprint density at radius 1 is 1.33 bits per heavy atom. The monoisotopic (exact) mass is 248 g/mol. The van der Waals surface area contributed by atoms with Crippen LogP contribution in [-0.4, -0.2) is 13.2 Å². The van der Waals surface area contributed by atoms with E-state index < -0.39 is 0 Å². The zero-order chi connectivity index (χ0) is 13.0. The fourth-order valence-electron chi connectivity index (χ4n) is 2.55. The predicted molar refractivity (Wildman–Crippen MR) is 77.1 cm³/mol. The van der Waals surface area contributed by atoms with Crippen molar-refractivity contribution in [2.24, 2.45) is 5.41 Å². The van der Waals surface area contributed by atoms with Crippen LogP contribution >= 0.6 is 0 Å². The van der Waals surface area contributed by atoms with Gasteiger partial charge in [-0.05, 0) is 43.7 Å². The van der Waals surface area contributed by atoms with Crippen LogP contribution < -0.4 is 15.8 Å². The van der Waals surface area contributed by atoms with E-state index in [9.17, 15) is 0 Å². The van der Waals surface area contributed by atoms with Gasteiger partial charge in [-0.2, -0.15) is 0 Å². The summed E-state index contributed by atoms with van der Waals surface area (Å²) >= 11 is 0. The molecule has 0 unspecified atom stereocenters. The van der Waals surface area contributed by atoms with Crippen LogP contribution in [0, 0.1) is 5.41 Å². The van der Waals surface area contributed by atoms with Crippen LogP contribution in [0.25, 0.3) is 0 Å². The molecule has 1 aliphatic carbocycles. The highest BCUT2D eigenvalue weighted by atomic mass is 16.5. The summed E-state index contributed by atoms with van der Waals surface area (Å²) in [6.45, 7) is 5.96. The summed E-state index contributed by atoms with van der Waals surface area (Å²) in [5, 5.41) is 3.53. The smallest absolute Gasteiger partial charge is 0.144 e. The summed E-state index contributed by atoms with van der Waals surface area (Å²) in [6, 6.07) is 5.94. The Morgan fingerprint density at radius 2 is 2.11 bits per heavy atom. The number of nitrogen functional groups attached to an aromatic ring is 1. The Balaban J connectivity index is 1.98. The van der Waals surface area contributed by atoms with Gasteiger partial charge in [0.2, 0.25) is 0 Å². The Kier molecular flexibility index (Phi) is 4.00. The van der Waals surface area contributed by atoms with Gasteiger partial charge < -0.3 is 15.8 Å². The highest BCUT2D eigenvalue weighted by Crippen LogP contribution is 2.43. The molecule has 0 spiro atoms. The lowest BCUT2D eigenvalue weighted by Crippen LogP contribution is -2.35. The molecule has 3 heteroatoms. The minimum Gasteiger partial charge on any atom is -0.492 e. The lowest BCUT2D eigenvalue weighted by molar-refractivity contribution is 0.145. The molecule has 0 atom stereocenters. The number of anilines is 2. The molecule has 0 heterocycles. The van der Waals surface area contributed by atoms with E-state index in [1.807, 2.05) is 25.1 Å². The molecular formula is C15H24N2O. The Morgan fingerprint density at radius 3 is 2.67 bits per heavy atom. The molecule has 100 valence electrons. The lowest BCUT2D eigenvalue weighted by Gasteiger charge is -2.41. The summed E-state index contributed by atoms with van der Waals surface area (Å²) in [7, 11) is 0. The molecule has 2 rings (SSSR count). The maximum Gasteiger partial charge on any atom is 0.144 e. The third-order valence-electron chi connectivity index (χ3n) is 4.15. The predicted octanol–water partition coefficient (Wildman–Crippen LogP) is 3.66. The number of benzene rings is 1. The van der Waals surface area contributed by atoms with Gasteiger partial charge >= 0.3 is 0 Å². The fraction of sp³-hybridized carbons (Fsp3) is 0.600. The van der Waals surface area contributed by atoms with Gasteiger partial charge in [0, 0.05) is 18.3 Å². The first kappa shape index (κ1) is 13.1. The molecule has 18 heavy (non-hydrogen) atoms. The van der Waals surface area contributed by atoms with Crippen molar-refractivity contribution in [2.45, 2.75) is 39.5 Å². The zero-order valence-corrected chi connectivity index (χ0v) is 11.5. The molecule has 1 aliphatic rings. The molecule has 1 saturated carbocycles. The molecule has 0 radical (unpaired) electrons. The van der Waals surface area contributed by atoms with Gasteiger partial charge in [0.05, 0.1) is 12.3 Å². The minimum atomic E-state index is 0.521. The third-order valence-corrected chi connectivity index (χ3v) is 4.15. The fourth-order valence-corrected chi connectivity index (χ4v) is 2.55. The van der Waals surface area contributed by atoms with Crippen molar-refractivity contribution < 1.29 is 4.74 Å². The number of hydrogen-bond donors (Lipinski definition) is 2. The normalized spacial score (nSPS) is 17.0. The van der Waals surface area contributed by atoms with Gasteiger partial charge in [-0.3, -0.25) is 0 Å². The molecule has 1 aromatic carbocycles.